The van der Waals surface area contributed by atoms with Crippen molar-refractivity contribution in [2.45, 2.75) is 70.8 Å². The number of ketones is 1. The molecule has 0 aromatic heterocycles. The van der Waals surface area contributed by atoms with Crippen LogP contribution in [0.3, 0.4) is 0 Å². The van der Waals surface area contributed by atoms with Gasteiger partial charge in [0, 0.05) is 32.9 Å². The Morgan fingerprint density at radius 3 is 2.72 bits per heavy atom. The lowest BCUT2D eigenvalue weighted by atomic mass is 10.0. The molecule has 0 bridgehead atoms. The lowest BCUT2D eigenvalue weighted by Crippen LogP contribution is -2.32. The van der Waals surface area contributed by atoms with Crippen molar-refractivity contribution in [1.82, 2.24) is 4.90 Å². The average Bonchev–Trinajstić information content (AvgIpc) is 3.13. The fourth-order valence-corrected chi connectivity index (χ4v) is 3.98. The van der Waals surface area contributed by atoms with Crippen LogP contribution in [0.15, 0.2) is 36.4 Å². The Balaban J connectivity index is 1.75. The van der Waals surface area contributed by atoms with Gasteiger partial charge in [-0.15, -0.1) is 0 Å². The molecule has 0 radical (unpaired) electrons. The van der Waals surface area contributed by atoms with Crippen LogP contribution in [0.1, 0.15) is 63.0 Å². The van der Waals surface area contributed by atoms with Crippen molar-refractivity contribution in [2.24, 2.45) is 0 Å². The van der Waals surface area contributed by atoms with Crippen molar-refractivity contribution < 1.29 is 23.9 Å². The van der Waals surface area contributed by atoms with Crippen LogP contribution in [0.4, 0.5) is 0 Å². The monoisotopic (exact) mass is 443 g/mol. The van der Waals surface area contributed by atoms with E-state index in [1.54, 1.807) is 13.2 Å². The first-order chi connectivity index (χ1) is 15.5. The van der Waals surface area contributed by atoms with Crippen molar-refractivity contribution in [2.75, 3.05) is 26.9 Å². The number of allylic oxidation sites excluding steroid dienone is 1. The van der Waals surface area contributed by atoms with E-state index in [-0.39, 0.29) is 23.7 Å². The van der Waals surface area contributed by atoms with Gasteiger partial charge in [0.2, 0.25) is 5.91 Å². The highest BCUT2D eigenvalue weighted by atomic mass is 16.5. The minimum absolute atomic E-state index is 0.000908. The topological polar surface area (TPSA) is 72.9 Å². The molecule has 1 amide bonds. The predicted octanol–water partition coefficient (Wildman–Crippen LogP) is 4.05. The summed E-state index contributed by atoms with van der Waals surface area (Å²) in [7, 11) is 1.68. The van der Waals surface area contributed by atoms with Crippen LogP contribution in [0.5, 0.6) is 0 Å². The maximum Gasteiger partial charge on any atom is 0.305 e. The van der Waals surface area contributed by atoms with Gasteiger partial charge in [-0.05, 0) is 49.8 Å². The number of ether oxygens (including phenoxy) is 2. The molecule has 2 rings (SSSR count). The van der Waals surface area contributed by atoms with Crippen molar-refractivity contribution in [3.8, 4) is 0 Å². The van der Waals surface area contributed by atoms with Gasteiger partial charge in [-0.1, -0.05) is 43.2 Å². The molecule has 32 heavy (non-hydrogen) atoms. The third-order valence-corrected chi connectivity index (χ3v) is 5.68. The quantitative estimate of drug-likeness (QED) is 0.232. The van der Waals surface area contributed by atoms with E-state index < -0.39 is 0 Å². The second-order valence-corrected chi connectivity index (χ2v) is 8.23. The lowest BCUT2D eigenvalue weighted by Gasteiger charge is -2.22. The number of likely N-dealkylation sites (tertiary alicyclic amines) is 1. The maximum absolute atomic E-state index is 12.5. The molecule has 1 aliphatic rings. The number of esters is 1. The molecule has 1 aromatic rings. The first-order valence-corrected chi connectivity index (χ1v) is 11.8. The van der Waals surface area contributed by atoms with Crippen LogP contribution in [0.2, 0.25) is 0 Å². The van der Waals surface area contributed by atoms with Crippen LogP contribution in [-0.2, 0) is 36.7 Å². The largest absolute Gasteiger partial charge is 0.466 e. The first kappa shape index (κ1) is 25.8. The smallest absolute Gasteiger partial charge is 0.305 e. The molecule has 0 N–H and O–H groups in total. The first-order valence-electron chi connectivity index (χ1n) is 11.8. The summed E-state index contributed by atoms with van der Waals surface area (Å²) >= 11 is 0. The molecule has 6 heteroatoms. The number of nitrogens with zero attached hydrogens (tertiary/aromatic N) is 1. The third-order valence-electron chi connectivity index (χ3n) is 5.68. The van der Waals surface area contributed by atoms with E-state index in [0.717, 1.165) is 49.7 Å². The van der Waals surface area contributed by atoms with Crippen LogP contribution in [0, 0.1) is 0 Å². The van der Waals surface area contributed by atoms with Crippen LogP contribution in [0.25, 0.3) is 0 Å². The summed E-state index contributed by atoms with van der Waals surface area (Å²) in [6.45, 7) is 3.59. The van der Waals surface area contributed by atoms with Crippen LogP contribution >= 0.6 is 0 Å². The van der Waals surface area contributed by atoms with Crippen molar-refractivity contribution >= 4 is 17.7 Å². The lowest BCUT2D eigenvalue weighted by molar-refractivity contribution is -0.143. The summed E-state index contributed by atoms with van der Waals surface area (Å²) in [5, 5.41) is 0. The molecular weight excluding hydrogens is 406 g/mol. The average molecular weight is 444 g/mol. The van der Waals surface area contributed by atoms with Gasteiger partial charge in [0.15, 0.2) is 5.78 Å². The second kappa shape index (κ2) is 14.6. The molecule has 176 valence electrons. The minimum atomic E-state index is -0.140. The number of unbranched alkanes of at least 4 members (excludes halogenated alkanes) is 3. The van der Waals surface area contributed by atoms with E-state index in [1.807, 2.05) is 36.1 Å². The molecule has 1 aliphatic heterocycles. The Bertz CT molecular complexity index is 773. The molecule has 1 heterocycles. The second-order valence-electron chi connectivity index (χ2n) is 8.23. The number of hydrogen-bond acceptors (Lipinski definition) is 5. The molecule has 0 aliphatic carbocycles. The fourth-order valence-electron chi connectivity index (χ4n) is 3.98. The highest BCUT2D eigenvalue weighted by Gasteiger charge is 2.28. The Morgan fingerprint density at radius 1 is 1.16 bits per heavy atom. The van der Waals surface area contributed by atoms with E-state index in [2.05, 4.69) is 6.07 Å². The van der Waals surface area contributed by atoms with Gasteiger partial charge in [0.1, 0.15) is 0 Å². The standard InChI is InChI=1S/C26H37NO5/c1-3-32-26(30)11-6-4-5-7-17-27-23(13-15-25(27)29)12-14-24(28)20-22-10-8-9-21(19-22)16-18-31-2/h8-10,12,14,19,23H,3-7,11,13,15-18,20H2,1-2H3/t23-/m0/s1. The third kappa shape index (κ3) is 9.35. The molecule has 0 unspecified atom stereocenters. The van der Waals surface area contributed by atoms with E-state index in [1.165, 1.54) is 0 Å². The van der Waals surface area contributed by atoms with E-state index in [0.29, 0.717) is 39.0 Å². The predicted molar refractivity (Wildman–Crippen MR) is 124 cm³/mol. The molecule has 1 saturated heterocycles. The van der Waals surface area contributed by atoms with Gasteiger partial charge in [-0.3, -0.25) is 14.4 Å². The van der Waals surface area contributed by atoms with Crippen LogP contribution < -0.4 is 0 Å². The zero-order valence-corrected chi connectivity index (χ0v) is 19.5. The van der Waals surface area contributed by atoms with Gasteiger partial charge >= 0.3 is 5.97 Å². The molecular formula is C26H37NO5. The Hall–Kier alpha value is -2.47. The number of benzene rings is 1. The van der Waals surface area contributed by atoms with Gasteiger partial charge in [-0.25, -0.2) is 0 Å². The SMILES string of the molecule is CCOC(=O)CCCCCCN1C(=O)CC[C@@H]1C=CC(=O)Cc1cccc(CCOC)c1. The van der Waals surface area contributed by atoms with E-state index >= 15 is 0 Å². The van der Waals surface area contributed by atoms with Gasteiger partial charge in [0.05, 0.1) is 19.3 Å². The zero-order chi connectivity index (χ0) is 23.2. The highest BCUT2D eigenvalue weighted by molar-refractivity contribution is 5.91. The van der Waals surface area contributed by atoms with Crippen LogP contribution in [-0.4, -0.2) is 55.5 Å². The van der Waals surface area contributed by atoms with Gasteiger partial charge < -0.3 is 14.4 Å². The molecule has 1 aromatic carbocycles. The van der Waals surface area contributed by atoms with E-state index in [4.69, 9.17) is 9.47 Å². The highest BCUT2D eigenvalue weighted by Crippen LogP contribution is 2.21. The zero-order valence-electron chi connectivity index (χ0n) is 19.5. The van der Waals surface area contributed by atoms with Crippen molar-refractivity contribution in [3.05, 3.63) is 47.5 Å². The number of methoxy groups -OCH3 is 1. The number of hydrogen-bond donors (Lipinski definition) is 0. The molecule has 6 nitrogen and oxygen atoms in total. The number of carbonyl (C=O) groups excluding carboxylic acids is 3. The summed E-state index contributed by atoms with van der Waals surface area (Å²) in [6.07, 6.45) is 10.1. The van der Waals surface area contributed by atoms with Gasteiger partial charge in [-0.2, -0.15) is 0 Å². The molecule has 0 spiro atoms. The van der Waals surface area contributed by atoms with E-state index in [9.17, 15) is 14.4 Å². The Labute approximate surface area is 192 Å². The minimum Gasteiger partial charge on any atom is -0.466 e. The normalized spacial score (nSPS) is 16.1. The molecule has 0 saturated carbocycles. The summed E-state index contributed by atoms with van der Waals surface area (Å²) < 4.78 is 10.0. The Morgan fingerprint density at radius 2 is 1.94 bits per heavy atom. The number of rotatable bonds is 15. The van der Waals surface area contributed by atoms with Crippen molar-refractivity contribution in [3.63, 3.8) is 0 Å². The summed E-state index contributed by atoms with van der Waals surface area (Å²) in [4.78, 5) is 38.0. The Kier molecular flexibility index (Phi) is 11.7. The maximum atomic E-state index is 12.5. The summed E-state index contributed by atoms with van der Waals surface area (Å²) in [6, 6.07) is 8.04. The summed E-state index contributed by atoms with van der Waals surface area (Å²) in [5.41, 5.74) is 2.16. The number of carbonyl (C=O) groups is 3. The molecule has 1 atom stereocenters. The van der Waals surface area contributed by atoms with Crippen molar-refractivity contribution in [1.29, 1.82) is 0 Å². The fraction of sp³-hybridized carbons (Fsp3) is 0.577. The number of amides is 1. The van der Waals surface area contributed by atoms with Gasteiger partial charge in [0.25, 0.3) is 0 Å². The summed E-state index contributed by atoms with van der Waals surface area (Å²) in [5.74, 6) is 0.0652. The molecule has 1 fully saturated rings.